The van der Waals surface area contributed by atoms with Crippen molar-refractivity contribution in [3.05, 3.63) is 44.8 Å². The standard InChI is InChI=1S/C14H13ClO2S/c1-7-5-11(15)8(2)4-10(7)13-9(3)6-12(18-13)14(16)17/h4-6H,1-3H3,(H,16,17). The van der Waals surface area contributed by atoms with E-state index >= 15 is 0 Å². The quantitative estimate of drug-likeness (QED) is 0.866. The maximum absolute atomic E-state index is 11.0. The van der Waals surface area contributed by atoms with Crippen LogP contribution in [0.15, 0.2) is 18.2 Å². The molecule has 0 fully saturated rings. The predicted octanol–water partition coefficient (Wildman–Crippen LogP) is 4.69. The number of aryl methyl sites for hydroxylation is 3. The van der Waals surface area contributed by atoms with Gasteiger partial charge in [0.1, 0.15) is 4.88 Å². The molecule has 1 heterocycles. The third-order valence-electron chi connectivity index (χ3n) is 2.88. The van der Waals surface area contributed by atoms with Crippen LogP contribution in [0.2, 0.25) is 5.02 Å². The van der Waals surface area contributed by atoms with Gasteiger partial charge in [-0.1, -0.05) is 11.6 Å². The van der Waals surface area contributed by atoms with Gasteiger partial charge in [-0.05, 0) is 61.2 Å². The maximum Gasteiger partial charge on any atom is 0.345 e. The van der Waals surface area contributed by atoms with Gasteiger partial charge in [-0.15, -0.1) is 11.3 Å². The molecular formula is C14H13ClO2S. The topological polar surface area (TPSA) is 37.3 Å². The van der Waals surface area contributed by atoms with Crippen molar-refractivity contribution in [1.82, 2.24) is 0 Å². The van der Waals surface area contributed by atoms with Gasteiger partial charge in [0, 0.05) is 9.90 Å². The fourth-order valence-corrected chi connectivity index (χ4v) is 3.19. The van der Waals surface area contributed by atoms with E-state index in [0.29, 0.717) is 4.88 Å². The Bertz CT molecular complexity index is 629. The van der Waals surface area contributed by atoms with Crippen LogP contribution in [-0.2, 0) is 0 Å². The van der Waals surface area contributed by atoms with E-state index in [0.717, 1.165) is 32.2 Å². The summed E-state index contributed by atoms with van der Waals surface area (Å²) in [5, 5.41) is 9.77. The predicted molar refractivity (Wildman–Crippen MR) is 75.9 cm³/mol. The molecule has 18 heavy (non-hydrogen) atoms. The molecule has 2 aromatic rings. The van der Waals surface area contributed by atoms with Crippen LogP contribution in [0.3, 0.4) is 0 Å². The van der Waals surface area contributed by atoms with Gasteiger partial charge in [-0.3, -0.25) is 0 Å². The molecule has 0 bridgehead atoms. The van der Waals surface area contributed by atoms with Crippen LogP contribution in [0.25, 0.3) is 10.4 Å². The number of halogens is 1. The highest BCUT2D eigenvalue weighted by atomic mass is 35.5. The smallest absolute Gasteiger partial charge is 0.345 e. The lowest BCUT2D eigenvalue weighted by Crippen LogP contribution is -1.89. The third-order valence-corrected chi connectivity index (χ3v) is 4.54. The lowest BCUT2D eigenvalue weighted by atomic mass is 10.0. The summed E-state index contributed by atoms with van der Waals surface area (Å²) in [4.78, 5) is 12.4. The molecule has 0 saturated carbocycles. The van der Waals surface area contributed by atoms with Crippen molar-refractivity contribution in [1.29, 1.82) is 0 Å². The molecule has 2 nitrogen and oxygen atoms in total. The van der Waals surface area contributed by atoms with Crippen LogP contribution in [0.1, 0.15) is 26.4 Å². The molecule has 1 aromatic carbocycles. The zero-order valence-electron chi connectivity index (χ0n) is 10.4. The second-order valence-electron chi connectivity index (χ2n) is 4.34. The molecule has 0 amide bonds. The van der Waals surface area contributed by atoms with Crippen molar-refractivity contribution < 1.29 is 9.90 Å². The minimum absolute atomic E-state index is 0.370. The molecular weight excluding hydrogens is 268 g/mol. The largest absolute Gasteiger partial charge is 0.477 e. The molecule has 0 saturated heterocycles. The molecule has 0 radical (unpaired) electrons. The minimum Gasteiger partial charge on any atom is -0.477 e. The van der Waals surface area contributed by atoms with Crippen LogP contribution in [-0.4, -0.2) is 11.1 Å². The van der Waals surface area contributed by atoms with Gasteiger partial charge < -0.3 is 5.11 Å². The summed E-state index contributed by atoms with van der Waals surface area (Å²) in [6, 6.07) is 5.65. The Labute approximate surface area is 115 Å². The van der Waals surface area contributed by atoms with Gasteiger partial charge in [0.15, 0.2) is 0 Å². The Morgan fingerprint density at radius 3 is 2.33 bits per heavy atom. The summed E-state index contributed by atoms with van der Waals surface area (Å²) in [5.41, 5.74) is 4.11. The van der Waals surface area contributed by atoms with Crippen LogP contribution in [0, 0.1) is 20.8 Å². The Morgan fingerprint density at radius 2 is 1.78 bits per heavy atom. The molecule has 0 aliphatic carbocycles. The molecule has 2 rings (SSSR count). The highest BCUT2D eigenvalue weighted by Gasteiger charge is 2.14. The first kappa shape index (κ1) is 13.1. The van der Waals surface area contributed by atoms with Gasteiger partial charge in [0.05, 0.1) is 0 Å². The highest BCUT2D eigenvalue weighted by molar-refractivity contribution is 7.17. The van der Waals surface area contributed by atoms with Gasteiger partial charge in [-0.2, -0.15) is 0 Å². The van der Waals surface area contributed by atoms with Crippen molar-refractivity contribution in [3.8, 4) is 10.4 Å². The van der Waals surface area contributed by atoms with E-state index in [4.69, 9.17) is 16.7 Å². The number of benzene rings is 1. The van der Waals surface area contributed by atoms with E-state index in [1.807, 2.05) is 32.9 Å². The van der Waals surface area contributed by atoms with E-state index in [1.165, 1.54) is 11.3 Å². The van der Waals surface area contributed by atoms with Crippen LogP contribution in [0.4, 0.5) is 0 Å². The monoisotopic (exact) mass is 280 g/mol. The molecule has 0 spiro atoms. The van der Waals surface area contributed by atoms with E-state index in [-0.39, 0.29) is 0 Å². The first-order valence-corrected chi connectivity index (χ1v) is 6.70. The summed E-state index contributed by atoms with van der Waals surface area (Å²) in [7, 11) is 0. The summed E-state index contributed by atoms with van der Waals surface area (Å²) in [6.45, 7) is 5.87. The Kier molecular flexibility index (Phi) is 3.46. The molecule has 0 unspecified atom stereocenters. The summed E-state index contributed by atoms with van der Waals surface area (Å²) in [5.74, 6) is -0.877. The van der Waals surface area contributed by atoms with E-state index < -0.39 is 5.97 Å². The van der Waals surface area contributed by atoms with Crippen molar-refractivity contribution >= 4 is 28.9 Å². The number of carboxylic acids is 1. The van der Waals surface area contributed by atoms with Gasteiger partial charge in [0.2, 0.25) is 0 Å². The average molecular weight is 281 g/mol. The number of thiophene rings is 1. The molecule has 94 valence electrons. The first-order valence-electron chi connectivity index (χ1n) is 5.51. The number of rotatable bonds is 2. The van der Waals surface area contributed by atoms with Crippen molar-refractivity contribution in [2.24, 2.45) is 0 Å². The van der Waals surface area contributed by atoms with E-state index in [1.54, 1.807) is 6.07 Å². The van der Waals surface area contributed by atoms with Crippen molar-refractivity contribution in [2.75, 3.05) is 0 Å². The molecule has 0 atom stereocenters. The zero-order chi connectivity index (χ0) is 13.4. The van der Waals surface area contributed by atoms with Gasteiger partial charge in [-0.25, -0.2) is 4.79 Å². The average Bonchev–Trinajstić information content (AvgIpc) is 2.66. The second-order valence-corrected chi connectivity index (χ2v) is 5.80. The fraction of sp³-hybridized carbons (Fsp3) is 0.214. The fourth-order valence-electron chi connectivity index (χ4n) is 1.88. The normalized spacial score (nSPS) is 10.7. The second kappa shape index (κ2) is 4.75. The third kappa shape index (κ3) is 2.28. The summed E-state index contributed by atoms with van der Waals surface area (Å²) < 4.78 is 0. The zero-order valence-corrected chi connectivity index (χ0v) is 11.9. The Balaban J connectivity index is 2.62. The number of hydrogen-bond acceptors (Lipinski definition) is 2. The van der Waals surface area contributed by atoms with Gasteiger partial charge >= 0.3 is 5.97 Å². The van der Waals surface area contributed by atoms with Crippen LogP contribution >= 0.6 is 22.9 Å². The molecule has 1 N–H and O–H groups in total. The number of aromatic carboxylic acids is 1. The number of hydrogen-bond donors (Lipinski definition) is 1. The van der Waals surface area contributed by atoms with E-state index in [9.17, 15) is 4.79 Å². The number of carboxylic acid groups (broad SMARTS) is 1. The lowest BCUT2D eigenvalue weighted by molar-refractivity contribution is 0.0702. The summed E-state index contributed by atoms with van der Waals surface area (Å²) in [6.07, 6.45) is 0. The maximum atomic E-state index is 11.0. The minimum atomic E-state index is -0.877. The first-order chi connectivity index (χ1) is 8.40. The number of carbonyl (C=O) groups is 1. The molecule has 1 aromatic heterocycles. The van der Waals surface area contributed by atoms with Crippen LogP contribution in [0.5, 0.6) is 0 Å². The van der Waals surface area contributed by atoms with Crippen molar-refractivity contribution in [2.45, 2.75) is 20.8 Å². The van der Waals surface area contributed by atoms with Crippen molar-refractivity contribution in [3.63, 3.8) is 0 Å². The Morgan fingerprint density at radius 1 is 1.11 bits per heavy atom. The Hall–Kier alpha value is -1.32. The SMILES string of the molecule is Cc1cc(-c2sc(C(=O)O)cc2C)c(C)cc1Cl. The van der Waals surface area contributed by atoms with Gasteiger partial charge in [0.25, 0.3) is 0 Å². The summed E-state index contributed by atoms with van der Waals surface area (Å²) >= 11 is 7.38. The van der Waals surface area contributed by atoms with E-state index in [2.05, 4.69) is 0 Å². The van der Waals surface area contributed by atoms with Crippen LogP contribution < -0.4 is 0 Å². The highest BCUT2D eigenvalue weighted by Crippen LogP contribution is 2.36. The molecule has 0 aliphatic heterocycles. The molecule has 0 aliphatic rings. The molecule has 4 heteroatoms. The lowest BCUT2D eigenvalue weighted by Gasteiger charge is -2.08.